The second kappa shape index (κ2) is 6.15. The molecule has 2 aromatic rings. The predicted molar refractivity (Wildman–Crippen MR) is 72.5 cm³/mol. The third kappa shape index (κ3) is 3.53. The van der Waals surface area contributed by atoms with Gasteiger partial charge in [-0.2, -0.15) is 0 Å². The Morgan fingerprint density at radius 3 is 2.37 bits per heavy atom. The minimum absolute atomic E-state index is 0.0268. The van der Waals surface area contributed by atoms with Crippen LogP contribution in [0.15, 0.2) is 48.5 Å². The van der Waals surface area contributed by atoms with Crippen molar-refractivity contribution in [3.05, 3.63) is 70.5 Å². The van der Waals surface area contributed by atoms with E-state index < -0.39 is 18.0 Å². The van der Waals surface area contributed by atoms with Crippen LogP contribution in [0.3, 0.4) is 0 Å². The summed E-state index contributed by atoms with van der Waals surface area (Å²) in [5.41, 5.74) is 0.927. The monoisotopic (exact) mass is 280 g/mol. The first-order chi connectivity index (χ1) is 9.08. The molecule has 0 bridgehead atoms. The summed E-state index contributed by atoms with van der Waals surface area (Å²) in [6.45, 7) is 0. The summed E-state index contributed by atoms with van der Waals surface area (Å²) < 4.78 is 13.6. The van der Waals surface area contributed by atoms with E-state index in [9.17, 15) is 14.6 Å². The van der Waals surface area contributed by atoms with Gasteiger partial charge in [-0.25, -0.2) is 4.39 Å². The molecule has 0 amide bonds. The van der Waals surface area contributed by atoms with Gasteiger partial charge in [-0.15, -0.1) is 0 Å². The van der Waals surface area contributed by atoms with E-state index in [0.29, 0.717) is 16.1 Å². The number of aliphatic hydroxyl groups excluding tert-OH is 2. The van der Waals surface area contributed by atoms with Gasteiger partial charge in [-0.1, -0.05) is 48.0 Å². The lowest BCUT2D eigenvalue weighted by atomic mass is 9.98. The van der Waals surface area contributed by atoms with E-state index >= 15 is 0 Å². The first-order valence-electron chi connectivity index (χ1n) is 5.93. The fourth-order valence-corrected chi connectivity index (χ4v) is 2.06. The maximum Gasteiger partial charge on any atom is 0.127 e. The summed E-state index contributed by atoms with van der Waals surface area (Å²) >= 11 is 5.66. The van der Waals surface area contributed by atoms with Crippen molar-refractivity contribution in [3.63, 3.8) is 0 Å². The van der Waals surface area contributed by atoms with Crippen LogP contribution in [-0.2, 0) is 6.42 Å². The van der Waals surface area contributed by atoms with E-state index in [0.717, 1.165) is 0 Å². The summed E-state index contributed by atoms with van der Waals surface area (Å²) in [6.07, 6.45) is -2.09. The second-order valence-electron chi connectivity index (χ2n) is 4.36. The van der Waals surface area contributed by atoms with Crippen LogP contribution in [0.5, 0.6) is 0 Å². The quantitative estimate of drug-likeness (QED) is 0.903. The molecule has 0 aromatic heterocycles. The molecule has 2 unspecified atom stereocenters. The van der Waals surface area contributed by atoms with E-state index in [1.807, 2.05) is 6.07 Å². The second-order valence-corrected chi connectivity index (χ2v) is 4.80. The Morgan fingerprint density at radius 1 is 1.05 bits per heavy atom. The zero-order valence-electron chi connectivity index (χ0n) is 10.1. The number of hydrogen-bond acceptors (Lipinski definition) is 2. The molecule has 2 nitrogen and oxygen atoms in total. The van der Waals surface area contributed by atoms with Crippen LogP contribution in [0.25, 0.3) is 0 Å². The number of hydrogen-bond donors (Lipinski definition) is 2. The summed E-state index contributed by atoms with van der Waals surface area (Å²) in [5, 5.41) is 20.3. The molecule has 2 rings (SSSR count). The zero-order valence-corrected chi connectivity index (χ0v) is 10.9. The Kier molecular flexibility index (Phi) is 4.53. The molecule has 19 heavy (non-hydrogen) atoms. The molecule has 2 aromatic carbocycles. The lowest BCUT2D eigenvalue weighted by Crippen LogP contribution is -2.21. The van der Waals surface area contributed by atoms with Gasteiger partial charge in [0.1, 0.15) is 11.9 Å². The van der Waals surface area contributed by atoms with Gasteiger partial charge in [0.2, 0.25) is 0 Å². The van der Waals surface area contributed by atoms with Crippen molar-refractivity contribution < 1.29 is 14.6 Å². The van der Waals surface area contributed by atoms with Crippen molar-refractivity contribution in [2.45, 2.75) is 18.6 Å². The van der Waals surface area contributed by atoms with Crippen molar-refractivity contribution in [2.75, 3.05) is 0 Å². The SMILES string of the molecule is OC(Cc1ccc(Cl)cc1F)C(O)c1ccccc1. The molecule has 100 valence electrons. The smallest absolute Gasteiger partial charge is 0.127 e. The van der Waals surface area contributed by atoms with Crippen molar-refractivity contribution >= 4 is 11.6 Å². The Morgan fingerprint density at radius 2 is 1.74 bits per heavy atom. The van der Waals surface area contributed by atoms with Gasteiger partial charge in [0, 0.05) is 11.4 Å². The van der Waals surface area contributed by atoms with E-state index in [4.69, 9.17) is 11.6 Å². The van der Waals surface area contributed by atoms with Crippen LogP contribution < -0.4 is 0 Å². The average molecular weight is 281 g/mol. The highest BCUT2D eigenvalue weighted by Crippen LogP contribution is 2.22. The Hall–Kier alpha value is -1.42. The third-order valence-corrected chi connectivity index (χ3v) is 3.18. The van der Waals surface area contributed by atoms with Gasteiger partial charge in [0.25, 0.3) is 0 Å². The van der Waals surface area contributed by atoms with Crippen molar-refractivity contribution in [1.82, 2.24) is 0 Å². The van der Waals surface area contributed by atoms with Gasteiger partial charge in [0.15, 0.2) is 0 Å². The fraction of sp³-hybridized carbons (Fsp3) is 0.200. The molecule has 0 spiro atoms. The Labute approximate surface area is 116 Å². The first-order valence-corrected chi connectivity index (χ1v) is 6.30. The summed E-state index contributed by atoms with van der Waals surface area (Å²) in [6, 6.07) is 13.1. The molecule has 0 fully saturated rings. The molecule has 2 atom stereocenters. The molecule has 0 aliphatic rings. The van der Waals surface area contributed by atoms with Gasteiger partial charge in [-0.3, -0.25) is 0 Å². The average Bonchev–Trinajstić information content (AvgIpc) is 2.42. The van der Waals surface area contributed by atoms with E-state index in [-0.39, 0.29) is 6.42 Å². The zero-order chi connectivity index (χ0) is 13.8. The highest BCUT2D eigenvalue weighted by molar-refractivity contribution is 6.30. The Bertz CT molecular complexity index is 545. The lowest BCUT2D eigenvalue weighted by Gasteiger charge is -2.18. The highest BCUT2D eigenvalue weighted by atomic mass is 35.5. The fourth-order valence-electron chi connectivity index (χ4n) is 1.90. The third-order valence-electron chi connectivity index (χ3n) is 2.95. The normalized spacial score (nSPS) is 14.1. The standard InChI is InChI=1S/C15H14ClFO2/c16-12-7-6-11(13(17)9-12)8-14(18)15(19)10-4-2-1-3-5-10/h1-7,9,14-15,18-19H,8H2. The molecule has 4 heteroatoms. The molecule has 0 aliphatic heterocycles. The van der Waals surface area contributed by atoms with Crippen molar-refractivity contribution in [2.24, 2.45) is 0 Å². The molecule has 0 saturated carbocycles. The van der Waals surface area contributed by atoms with Gasteiger partial charge in [0.05, 0.1) is 6.10 Å². The minimum atomic E-state index is -1.07. The molecule has 0 radical (unpaired) electrons. The summed E-state index contributed by atoms with van der Waals surface area (Å²) in [4.78, 5) is 0. The van der Waals surface area contributed by atoms with Gasteiger partial charge < -0.3 is 10.2 Å². The molecule has 0 aliphatic carbocycles. The molecule has 0 saturated heterocycles. The number of aliphatic hydroxyl groups is 2. The lowest BCUT2D eigenvalue weighted by molar-refractivity contribution is 0.0185. The molecular formula is C15H14ClFO2. The molecule has 2 N–H and O–H groups in total. The van der Waals surface area contributed by atoms with E-state index in [1.165, 1.54) is 12.1 Å². The van der Waals surface area contributed by atoms with Crippen molar-refractivity contribution in [3.8, 4) is 0 Å². The van der Waals surface area contributed by atoms with Crippen LogP contribution in [-0.4, -0.2) is 16.3 Å². The van der Waals surface area contributed by atoms with E-state index in [2.05, 4.69) is 0 Å². The summed E-state index contributed by atoms with van der Waals surface area (Å²) in [7, 11) is 0. The van der Waals surface area contributed by atoms with Crippen LogP contribution >= 0.6 is 11.6 Å². The minimum Gasteiger partial charge on any atom is -0.390 e. The first kappa shape index (κ1) is 14.0. The highest BCUT2D eigenvalue weighted by Gasteiger charge is 2.19. The number of rotatable bonds is 4. The Balaban J connectivity index is 2.10. The van der Waals surface area contributed by atoms with Crippen LogP contribution in [0.4, 0.5) is 4.39 Å². The molecule has 0 heterocycles. The largest absolute Gasteiger partial charge is 0.390 e. The maximum atomic E-state index is 13.6. The van der Waals surface area contributed by atoms with Gasteiger partial charge in [-0.05, 0) is 23.3 Å². The number of benzene rings is 2. The number of halogens is 2. The van der Waals surface area contributed by atoms with Crippen LogP contribution in [0, 0.1) is 5.82 Å². The van der Waals surface area contributed by atoms with E-state index in [1.54, 1.807) is 30.3 Å². The van der Waals surface area contributed by atoms with Crippen LogP contribution in [0.1, 0.15) is 17.2 Å². The maximum absolute atomic E-state index is 13.6. The van der Waals surface area contributed by atoms with Gasteiger partial charge >= 0.3 is 0 Å². The summed E-state index contributed by atoms with van der Waals surface area (Å²) in [5.74, 6) is -0.480. The van der Waals surface area contributed by atoms with Crippen LogP contribution in [0.2, 0.25) is 5.02 Å². The topological polar surface area (TPSA) is 40.5 Å². The van der Waals surface area contributed by atoms with Crippen molar-refractivity contribution in [1.29, 1.82) is 0 Å². The molecular weight excluding hydrogens is 267 g/mol. The predicted octanol–water partition coefficient (Wildman–Crippen LogP) is 3.12.